The van der Waals surface area contributed by atoms with Crippen LogP contribution in [0.1, 0.15) is 13.3 Å². The predicted octanol–water partition coefficient (Wildman–Crippen LogP) is 3.53. The number of nitrogens with two attached hydrogens (primary N) is 1. The van der Waals surface area contributed by atoms with Crippen molar-refractivity contribution in [2.45, 2.75) is 13.3 Å². The summed E-state index contributed by atoms with van der Waals surface area (Å²) >= 11 is 3.52. The fourth-order valence-corrected chi connectivity index (χ4v) is 2.49. The van der Waals surface area contributed by atoms with Crippen molar-refractivity contribution in [1.82, 2.24) is 0 Å². The highest BCUT2D eigenvalue weighted by atomic mass is 79.9. The minimum absolute atomic E-state index is 0.0120. The highest BCUT2D eigenvalue weighted by Gasteiger charge is 2.13. The summed E-state index contributed by atoms with van der Waals surface area (Å²) in [4.78, 5) is 12.1. The van der Waals surface area contributed by atoms with Gasteiger partial charge in [-0.25, -0.2) is 0 Å². The maximum absolute atomic E-state index is 12.1. The van der Waals surface area contributed by atoms with E-state index < -0.39 is 0 Å². The standard InChI is InChI=1S/C15H17BrN2O/c1-10(8-9-17)15(19)18-14-7-6-13(16)11-4-2-3-5-12(11)14/h2-7,10H,8-9,17H2,1H3,(H,18,19). The van der Waals surface area contributed by atoms with E-state index >= 15 is 0 Å². The van der Waals surface area contributed by atoms with Gasteiger partial charge in [-0.1, -0.05) is 47.1 Å². The maximum atomic E-state index is 12.1. The second kappa shape index (κ2) is 6.17. The van der Waals surface area contributed by atoms with Gasteiger partial charge >= 0.3 is 0 Å². The first-order valence-electron chi connectivity index (χ1n) is 6.31. The van der Waals surface area contributed by atoms with Crippen LogP contribution in [0.15, 0.2) is 40.9 Å². The van der Waals surface area contributed by atoms with E-state index in [1.54, 1.807) is 0 Å². The quantitative estimate of drug-likeness (QED) is 0.905. The van der Waals surface area contributed by atoms with Crippen molar-refractivity contribution in [2.24, 2.45) is 11.7 Å². The fourth-order valence-electron chi connectivity index (χ4n) is 2.01. The Morgan fingerprint density at radius 1 is 1.26 bits per heavy atom. The van der Waals surface area contributed by atoms with Gasteiger partial charge in [0.1, 0.15) is 0 Å². The molecule has 0 radical (unpaired) electrons. The molecule has 0 heterocycles. The smallest absolute Gasteiger partial charge is 0.227 e. The molecule has 1 atom stereocenters. The first kappa shape index (κ1) is 14.0. The summed E-state index contributed by atoms with van der Waals surface area (Å²) < 4.78 is 1.02. The molecular weight excluding hydrogens is 304 g/mol. The summed E-state index contributed by atoms with van der Waals surface area (Å²) in [6.07, 6.45) is 0.695. The van der Waals surface area contributed by atoms with Crippen molar-refractivity contribution < 1.29 is 4.79 Å². The molecule has 1 unspecified atom stereocenters. The molecule has 0 aromatic heterocycles. The van der Waals surface area contributed by atoms with E-state index in [0.717, 1.165) is 20.9 Å². The van der Waals surface area contributed by atoms with Crippen molar-refractivity contribution in [1.29, 1.82) is 0 Å². The van der Waals surface area contributed by atoms with Crippen LogP contribution in [0.2, 0.25) is 0 Å². The molecule has 0 bridgehead atoms. The number of hydrogen-bond donors (Lipinski definition) is 2. The van der Waals surface area contributed by atoms with Crippen LogP contribution < -0.4 is 11.1 Å². The van der Waals surface area contributed by atoms with Crippen LogP contribution in [0.4, 0.5) is 5.69 Å². The Balaban J connectivity index is 2.31. The molecular formula is C15H17BrN2O. The molecule has 1 amide bonds. The van der Waals surface area contributed by atoms with Crippen LogP contribution in [0.3, 0.4) is 0 Å². The SMILES string of the molecule is CC(CCN)C(=O)Nc1ccc(Br)c2ccccc12. The van der Waals surface area contributed by atoms with Crippen LogP contribution in [0, 0.1) is 5.92 Å². The number of hydrogen-bond acceptors (Lipinski definition) is 2. The number of nitrogens with one attached hydrogen (secondary N) is 1. The zero-order chi connectivity index (χ0) is 13.8. The van der Waals surface area contributed by atoms with Gasteiger partial charge in [-0.3, -0.25) is 4.79 Å². The van der Waals surface area contributed by atoms with Crippen molar-refractivity contribution in [3.8, 4) is 0 Å². The first-order valence-corrected chi connectivity index (χ1v) is 7.11. The van der Waals surface area contributed by atoms with Crippen molar-refractivity contribution in [2.75, 3.05) is 11.9 Å². The summed E-state index contributed by atoms with van der Waals surface area (Å²) in [6.45, 7) is 2.42. The number of anilines is 1. The molecule has 4 heteroatoms. The van der Waals surface area contributed by atoms with Gasteiger partial charge in [-0.15, -0.1) is 0 Å². The lowest BCUT2D eigenvalue weighted by molar-refractivity contribution is -0.119. The van der Waals surface area contributed by atoms with Gasteiger partial charge in [0.05, 0.1) is 0 Å². The Kier molecular flexibility index (Phi) is 4.56. The second-order valence-corrected chi connectivity index (χ2v) is 5.46. The second-order valence-electron chi connectivity index (χ2n) is 4.61. The first-order chi connectivity index (χ1) is 9.13. The van der Waals surface area contributed by atoms with E-state index in [9.17, 15) is 4.79 Å². The molecule has 0 aliphatic rings. The van der Waals surface area contributed by atoms with Gasteiger partial charge < -0.3 is 11.1 Å². The summed E-state index contributed by atoms with van der Waals surface area (Å²) in [5, 5.41) is 5.10. The zero-order valence-corrected chi connectivity index (χ0v) is 12.4. The lowest BCUT2D eigenvalue weighted by Gasteiger charge is -2.13. The van der Waals surface area contributed by atoms with E-state index in [-0.39, 0.29) is 11.8 Å². The Labute approximate surface area is 121 Å². The number of fused-ring (bicyclic) bond motifs is 1. The molecule has 19 heavy (non-hydrogen) atoms. The monoisotopic (exact) mass is 320 g/mol. The molecule has 0 aliphatic heterocycles. The number of carbonyl (C=O) groups is 1. The van der Waals surface area contributed by atoms with Crippen molar-refractivity contribution in [3.63, 3.8) is 0 Å². The van der Waals surface area contributed by atoms with Crippen molar-refractivity contribution >= 4 is 38.3 Å². The third-order valence-electron chi connectivity index (χ3n) is 3.18. The van der Waals surface area contributed by atoms with Crippen LogP contribution in [-0.2, 0) is 4.79 Å². The Morgan fingerprint density at radius 3 is 2.63 bits per heavy atom. The van der Waals surface area contributed by atoms with Crippen LogP contribution in [-0.4, -0.2) is 12.5 Å². The minimum Gasteiger partial charge on any atom is -0.330 e. The third kappa shape index (κ3) is 3.14. The molecule has 0 saturated carbocycles. The van der Waals surface area contributed by atoms with Gasteiger partial charge in [0.2, 0.25) is 5.91 Å². The average molecular weight is 321 g/mol. The van der Waals surface area contributed by atoms with E-state index in [2.05, 4.69) is 21.2 Å². The van der Waals surface area contributed by atoms with Gasteiger partial charge in [0.15, 0.2) is 0 Å². The molecule has 2 aromatic carbocycles. The molecule has 0 spiro atoms. The molecule has 2 rings (SSSR count). The maximum Gasteiger partial charge on any atom is 0.227 e. The number of carbonyl (C=O) groups excluding carboxylic acids is 1. The van der Waals surface area contributed by atoms with Crippen LogP contribution in [0.25, 0.3) is 10.8 Å². The van der Waals surface area contributed by atoms with Crippen molar-refractivity contribution in [3.05, 3.63) is 40.9 Å². The molecule has 0 aliphatic carbocycles. The molecule has 0 fully saturated rings. The van der Waals surface area contributed by atoms with Crippen LogP contribution >= 0.6 is 15.9 Å². The summed E-state index contributed by atoms with van der Waals surface area (Å²) in [7, 11) is 0. The van der Waals surface area contributed by atoms with Gasteiger partial charge in [0, 0.05) is 21.5 Å². The molecule has 3 N–H and O–H groups in total. The van der Waals surface area contributed by atoms with E-state index in [0.29, 0.717) is 13.0 Å². The fraction of sp³-hybridized carbons (Fsp3) is 0.267. The van der Waals surface area contributed by atoms with E-state index in [1.165, 1.54) is 0 Å². The topological polar surface area (TPSA) is 55.1 Å². The number of rotatable bonds is 4. The number of halogens is 1. The van der Waals surface area contributed by atoms with E-state index in [1.807, 2.05) is 43.3 Å². The number of benzene rings is 2. The summed E-state index contributed by atoms with van der Waals surface area (Å²) in [6, 6.07) is 11.8. The molecule has 3 nitrogen and oxygen atoms in total. The lowest BCUT2D eigenvalue weighted by atomic mass is 10.1. The Bertz CT molecular complexity index is 598. The largest absolute Gasteiger partial charge is 0.330 e. The van der Waals surface area contributed by atoms with Gasteiger partial charge in [-0.05, 0) is 30.5 Å². The highest BCUT2D eigenvalue weighted by Crippen LogP contribution is 2.30. The molecule has 0 saturated heterocycles. The van der Waals surface area contributed by atoms with Crippen LogP contribution in [0.5, 0.6) is 0 Å². The molecule has 100 valence electrons. The Morgan fingerprint density at radius 2 is 1.95 bits per heavy atom. The normalized spacial score (nSPS) is 12.4. The predicted molar refractivity (Wildman–Crippen MR) is 83.1 cm³/mol. The number of amides is 1. The Hall–Kier alpha value is -1.39. The molecule has 2 aromatic rings. The summed E-state index contributed by atoms with van der Waals surface area (Å²) in [5.74, 6) is -0.0645. The lowest BCUT2D eigenvalue weighted by Crippen LogP contribution is -2.22. The van der Waals surface area contributed by atoms with E-state index in [4.69, 9.17) is 5.73 Å². The average Bonchev–Trinajstić information content (AvgIpc) is 2.42. The highest BCUT2D eigenvalue weighted by molar-refractivity contribution is 9.10. The minimum atomic E-state index is -0.0765. The third-order valence-corrected chi connectivity index (χ3v) is 3.87. The zero-order valence-electron chi connectivity index (χ0n) is 10.8. The van der Waals surface area contributed by atoms with Gasteiger partial charge in [0.25, 0.3) is 0 Å². The van der Waals surface area contributed by atoms with Gasteiger partial charge in [-0.2, -0.15) is 0 Å². The summed E-state index contributed by atoms with van der Waals surface area (Å²) in [5.41, 5.74) is 6.33.